The van der Waals surface area contributed by atoms with Crippen LogP contribution in [0.15, 0.2) is 18.2 Å². The summed E-state index contributed by atoms with van der Waals surface area (Å²) in [6, 6.07) is 5.61. The van der Waals surface area contributed by atoms with Crippen LogP contribution in [0.4, 0.5) is 0 Å². The molecule has 0 heterocycles. The molecule has 1 aromatic carbocycles. The maximum atomic E-state index is 12.2. The minimum absolute atomic E-state index is 0.0227. The highest BCUT2D eigenvalue weighted by molar-refractivity contribution is 14.1. The van der Waals surface area contributed by atoms with Gasteiger partial charge in [-0.2, -0.15) is 0 Å². The van der Waals surface area contributed by atoms with Crippen molar-refractivity contribution in [3.05, 3.63) is 27.3 Å². The Kier molecular flexibility index (Phi) is 3.61. The summed E-state index contributed by atoms with van der Waals surface area (Å²) in [7, 11) is 1.59. The molecule has 1 aliphatic carbocycles. The minimum atomic E-state index is -0.0412. The van der Waals surface area contributed by atoms with Gasteiger partial charge in [0.1, 0.15) is 5.75 Å². The van der Waals surface area contributed by atoms with Gasteiger partial charge in [-0.15, -0.1) is 0 Å². The molecule has 17 heavy (non-hydrogen) atoms. The number of carbonyl (C=O) groups is 1. The van der Waals surface area contributed by atoms with Crippen LogP contribution in [-0.2, 0) is 0 Å². The summed E-state index contributed by atoms with van der Waals surface area (Å²) in [5, 5.41) is 3.08. The number of carbonyl (C=O) groups excluding carboxylic acids is 1. The van der Waals surface area contributed by atoms with E-state index in [1.807, 2.05) is 18.2 Å². The highest BCUT2D eigenvalue weighted by Crippen LogP contribution is 2.32. The first kappa shape index (κ1) is 12.7. The number of nitrogens with one attached hydrogen (secondary N) is 1. The monoisotopic (exact) mass is 345 g/mol. The minimum Gasteiger partial charge on any atom is -0.496 e. The predicted octanol–water partition coefficient (Wildman–Crippen LogP) is 2.97. The lowest BCUT2D eigenvalue weighted by atomic mass is 9.78. The largest absolute Gasteiger partial charge is 0.496 e. The van der Waals surface area contributed by atoms with E-state index in [1.165, 1.54) is 6.42 Å². The van der Waals surface area contributed by atoms with Crippen molar-refractivity contribution in [3.63, 3.8) is 0 Å². The van der Waals surface area contributed by atoms with E-state index >= 15 is 0 Å². The molecule has 1 saturated carbocycles. The molecule has 1 amide bonds. The molecule has 3 nitrogen and oxygen atoms in total. The number of hydrogen-bond donors (Lipinski definition) is 1. The van der Waals surface area contributed by atoms with E-state index in [-0.39, 0.29) is 11.4 Å². The lowest BCUT2D eigenvalue weighted by Crippen LogP contribution is -2.50. The van der Waals surface area contributed by atoms with Gasteiger partial charge < -0.3 is 10.1 Å². The normalized spacial score (nSPS) is 17.1. The highest BCUT2D eigenvalue weighted by Gasteiger charge is 2.33. The van der Waals surface area contributed by atoms with Gasteiger partial charge in [-0.3, -0.25) is 4.79 Å². The van der Waals surface area contributed by atoms with Crippen molar-refractivity contribution in [3.8, 4) is 5.75 Å². The van der Waals surface area contributed by atoms with E-state index in [1.54, 1.807) is 7.11 Å². The summed E-state index contributed by atoms with van der Waals surface area (Å²) in [5.41, 5.74) is 0.589. The topological polar surface area (TPSA) is 38.3 Å². The van der Waals surface area contributed by atoms with Crippen LogP contribution >= 0.6 is 22.6 Å². The van der Waals surface area contributed by atoms with Crippen LogP contribution in [0.2, 0.25) is 0 Å². The van der Waals surface area contributed by atoms with Gasteiger partial charge in [0.05, 0.1) is 12.7 Å². The summed E-state index contributed by atoms with van der Waals surface area (Å²) in [6.07, 6.45) is 3.32. The predicted molar refractivity (Wildman–Crippen MR) is 75.4 cm³/mol. The number of hydrogen-bond acceptors (Lipinski definition) is 2. The molecule has 1 aromatic rings. The van der Waals surface area contributed by atoms with Gasteiger partial charge in [0.2, 0.25) is 0 Å². The Hall–Kier alpha value is -0.780. The third-order valence-electron chi connectivity index (χ3n) is 3.28. The molecule has 0 spiro atoms. The number of amides is 1. The van der Waals surface area contributed by atoms with E-state index < -0.39 is 0 Å². The molecular weight excluding hydrogens is 329 g/mol. The fourth-order valence-corrected chi connectivity index (χ4v) is 2.49. The summed E-state index contributed by atoms with van der Waals surface area (Å²) >= 11 is 2.20. The molecule has 0 aliphatic heterocycles. The fourth-order valence-electron chi connectivity index (χ4n) is 2.03. The second kappa shape index (κ2) is 4.84. The van der Waals surface area contributed by atoms with Crippen molar-refractivity contribution in [1.29, 1.82) is 0 Å². The van der Waals surface area contributed by atoms with Crippen molar-refractivity contribution in [2.45, 2.75) is 31.7 Å². The lowest BCUT2D eigenvalue weighted by molar-refractivity contribution is 0.0847. The van der Waals surface area contributed by atoms with Crippen LogP contribution in [0.1, 0.15) is 36.5 Å². The second-order valence-electron chi connectivity index (χ2n) is 4.71. The summed E-state index contributed by atoms with van der Waals surface area (Å²) < 4.78 is 6.31. The smallest absolute Gasteiger partial charge is 0.255 e. The number of methoxy groups -OCH3 is 1. The molecule has 1 fully saturated rings. The molecule has 2 rings (SSSR count). The lowest BCUT2D eigenvalue weighted by Gasteiger charge is -2.39. The molecule has 0 unspecified atom stereocenters. The number of benzene rings is 1. The van der Waals surface area contributed by atoms with Crippen LogP contribution in [0.25, 0.3) is 0 Å². The summed E-state index contributed by atoms with van der Waals surface area (Å²) in [5.74, 6) is 0.595. The Morgan fingerprint density at radius 1 is 1.47 bits per heavy atom. The van der Waals surface area contributed by atoms with E-state index in [0.717, 1.165) is 16.4 Å². The SMILES string of the molecule is COc1cc(I)ccc1C(=O)NC1(C)CCC1. The Bertz CT molecular complexity index is 441. The maximum Gasteiger partial charge on any atom is 0.255 e. The van der Waals surface area contributed by atoms with Crippen molar-refractivity contribution in [2.24, 2.45) is 0 Å². The third-order valence-corrected chi connectivity index (χ3v) is 3.95. The average molecular weight is 345 g/mol. The first-order chi connectivity index (χ1) is 8.04. The van der Waals surface area contributed by atoms with E-state index in [9.17, 15) is 4.79 Å². The molecule has 0 saturated heterocycles. The average Bonchev–Trinajstić information content (AvgIpc) is 2.26. The second-order valence-corrected chi connectivity index (χ2v) is 5.96. The van der Waals surface area contributed by atoms with Crippen LogP contribution in [0.3, 0.4) is 0 Å². The summed E-state index contributed by atoms with van der Waals surface area (Å²) in [4.78, 5) is 12.2. The Balaban J connectivity index is 2.18. The van der Waals surface area contributed by atoms with Crippen molar-refractivity contribution in [2.75, 3.05) is 7.11 Å². The third kappa shape index (κ3) is 2.73. The quantitative estimate of drug-likeness (QED) is 0.856. The number of halogens is 1. The molecule has 4 heteroatoms. The first-order valence-corrected chi connectivity index (χ1v) is 6.78. The summed E-state index contributed by atoms with van der Waals surface area (Å²) in [6.45, 7) is 2.09. The number of ether oxygens (including phenoxy) is 1. The Labute approximate surface area is 115 Å². The maximum absolute atomic E-state index is 12.2. The molecule has 0 bridgehead atoms. The van der Waals surface area contributed by atoms with Gasteiger partial charge >= 0.3 is 0 Å². The Morgan fingerprint density at radius 3 is 2.71 bits per heavy atom. The first-order valence-electron chi connectivity index (χ1n) is 5.70. The molecule has 1 N–H and O–H groups in total. The Morgan fingerprint density at radius 2 is 2.18 bits per heavy atom. The number of rotatable bonds is 3. The molecule has 0 aromatic heterocycles. The highest BCUT2D eigenvalue weighted by atomic mass is 127. The van der Waals surface area contributed by atoms with Gasteiger partial charge in [0.25, 0.3) is 5.91 Å². The van der Waals surface area contributed by atoms with E-state index in [4.69, 9.17) is 4.74 Å². The molecular formula is C13H16INO2. The fraction of sp³-hybridized carbons (Fsp3) is 0.462. The van der Waals surface area contributed by atoms with Gasteiger partial charge in [-0.1, -0.05) is 0 Å². The molecule has 92 valence electrons. The van der Waals surface area contributed by atoms with Crippen LogP contribution in [0.5, 0.6) is 5.75 Å². The van der Waals surface area contributed by atoms with Crippen LogP contribution in [-0.4, -0.2) is 18.6 Å². The zero-order valence-electron chi connectivity index (χ0n) is 10.0. The zero-order chi connectivity index (χ0) is 12.5. The van der Waals surface area contributed by atoms with Crippen LogP contribution < -0.4 is 10.1 Å². The van der Waals surface area contributed by atoms with Gasteiger partial charge in [0, 0.05) is 9.11 Å². The van der Waals surface area contributed by atoms with Gasteiger partial charge in [-0.25, -0.2) is 0 Å². The molecule has 1 aliphatic rings. The van der Waals surface area contributed by atoms with E-state index in [0.29, 0.717) is 11.3 Å². The standard InChI is InChI=1S/C13H16INO2/c1-13(6-3-7-13)15-12(16)10-5-4-9(14)8-11(10)17-2/h4-5,8H,3,6-7H2,1-2H3,(H,15,16). The van der Waals surface area contributed by atoms with Gasteiger partial charge in [0.15, 0.2) is 0 Å². The van der Waals surface area contributed by atoms with Crippen molar-refractivity contribution < 1.29 is 9.53 Å². The van der Waals surface area contributed by atoms with Crippen molar-refractivity contribution in [1.82, 2.24) is 5.32 Å². The molecule has 0 atom stereocenters. The van der Waals surface area contributed by atoms with E-state index in [2.05, 4.69) is 34.8 Å². The van der Waals surface area contributed by atoms with Gasteiger partial charge in [-0.05, 0) is 67.0 Å². The molecule has 0 radical (unpaired) electrons. The van der Waals surface area contributed by atoms with Crippen LogP contribution in [0, 0.1) is 3.57 Å². The van der Waals surface area contributed by atoms with Crippen molar-refractivity contribution >= 4 is 28.5 Å². The zero-order valence-corrected chi connectivity index (χ0v) is 12.2.